The predicted octanol–water partition coefficient (Wildman–Crippen LogP) is 6.69. The van der Waals surface area contributed by atoms with E-state index in [2.05, 4.69) is 5.32 Å². The van der Waals surface area contributed by atoms with Crippen LogP contribution in [0.3, 0.4) is 0 Å². The summed E-state index contributed by atoms with van der Waals surface area (Å²) < 4.78 is 16.4. The first kappa shape index (κ1) is 28.3. The number of aromatic hydroxyl groups is 1. The number of rotatable bonds is 9. The highest BCUT2D eigenvalue weighted by Crippen LogP contribution is 2.35. The number of hydrogen-bond donors (Lipinski definition) is 2. The fourth-order valence-corrected chi connectivity index (χ4v) is 5.08. The first-order chi connectivity index (χ1) is 20.3. The number of benzene rings is 4. The number of nitrogens with zero attached hydrogens (tertiary/aromatic N) is 1. The SMILES string of the molecule is COc1ccc(NC(=O)c2cc(C=C3SC(=O)N(Cc4cccc(Oc5ccccc5)c4)C3=O)ccc2O)cc1OC. The summed E-state index contributed by atoms with van der Waals surface area (Å²) in [7, 11) is 2.99. The number of phenolic OH excluding ortho intramolecular Hbond substituents is 1. The fraction of sp³-hybridized carbons (Fsp3) is 0.0938. The van der Waals surface area contributed by atoms with Crippen molar-refractivity contribution in [3.63, 3.8) is 0 Å². The number of para-hydroxylation sites is 1. The number of imide groups is 1. The third kappa shape index (κ3) is 6.39. The molecular formula is C32H26N2O7S. The van der Waals surface area contributed by atoms with Crippen LogP contribution in [0.2, 0.25) is 0 Å². The maximum Gasteiger partial charge on any atom is 0.293 e. The summed E-state index contributed by atoms with van der Waals surface area (Å²) in [5.74, 6) is 0.931. The number of thioether (sulfide) groups is 1. The number of hydrogen-bond acceptors (Lipinski definition) is 8. The van der Waals surface area contributed by atoms with Gasteiger partial charge >= 0.3 is 0 Å². The number of nitrogens with one attached hydrogen (secondary N) is 1. The van der Waals surface area contributed by atoms with Gasteiger partial charge in [0.25, 0.3) is 17.1 Å². The molecule has 0 saturated carbocycles. The molecule has 9 nitrogen and oxygen atoms in total. The smallest absolute Gasteiger partial charge is 0.293 e. The Morgan fingerprint density at radius 3 is 2.40 bits per heavy atom. The molecule has 4 aromatic rings. The summed E-state index contributed by atoms with van der Waals surface area (Å²) in [6, 6.07) is 25.7. The van der Waals surface area contributed by atoms with Gasteiger partial charge in [-0.1, -0.05) is 36.4 Å². The minimum absolute atomic E-state index is 0.00649. The van der Waals surface area contributed by atoms with Gasteiger partial charge in [0.15, 0.2) is 11.5 Å². The number of carbonyl (C=O) groups excluding carboxylic acids is 3. The summed E-state index contributed by atoms with van der Waals surface area (Å²) in [4.78, 5) is 40.3. The van der Waals surface area contributed by atoms with E-state index >= 15 is 0 Å². The third-order valence-electron chi connectivity index (χ3n) is 6.30. The van der Waals surface area contributed by atoms with Crippen molar-refractivity contribution < 1.29 is 33.7 Å². The fourth-order valence-electron chi connectivity index (χ4n) is 4.24. The summed E-state index contributed by atoms with van der Waals surface area (Å²) in [6.45, 7) is 0.0720. The van der Waals surface area contributed by atoms with E-state index in [4.69, 9.17) is 14.2 Å². The quantitative estimate of drug-likeness (QED) is 0.210. The third-order valence-corrected chi connectivity index (χ3v) is 7.20. The molecule has 4 aromatic carbocycles. The van der Waals surface area contributed by atoms with E-state index in [-0.39, 0.29) is 22.8 Å². The Balaban J connectivity index is 1.30. The van der Waals surface area contributed by atoms with E-state index in [9.17, 15) is 19.5 Å². The molecule has 5 rings (SSSR count). The first-order valence-electron chi connectivity index (χ1n) is 12.8. The molecule has 0 spiro atoms. The molecule has 42 heavy (non-hydrogen) atoms. The minimum Gasteiger partial charge on any atom is -0.507 e. The molecule has 10 heteroatoms. The van der Waals surface area contributed by atoms with Crippen molar-refractivity contribution in [3.8, 4) is 28.7 Å². The standard InChI is InChI=1S/C32H26N2O7S/c1-39-27-14-12-22(18-28(27)40-2)33-30(36)25-16-20(11-13-26(25)35)17-29-31(37)34(32(38)42-29)19-21-7-6-10-24(15-21)41-23-8-4-3-5-9-23/h3-18,35H,19H2,1-2H3,(H,33,36). The predicted molar refractivity (Wildman–Crippen MR) is 160 cm³/mol. The summed E-state index contributed by atoms with van der Waals surface area (Å²) >= 11 is 0.810. The topological polar surface area (TPSA) is 114 Å². The summed E-state index contributed by atoms with van der Waals surface area (Å²) in [5, 5.41) is 12.7. The molecule has 2 N–H and O–H groups in total. The monoisotopic (exact) mass is 582 g/mol. The van der Waals surface area contributed by atoms with Crippen molar-refractivity contribution in [2.24, 2.45) is 0 Å². The molecule has 212 valence electrons. The number of anilines is 1. The maximum absolute atomic E-state index is 13.2. The second kappa shape index (κ2) is 12.5. The first-order valence-corrected chi connectivity index (χ1v) is 13.6. The molecule has 0 aliphatic carbocycles. The summed E-state index contributed by atoms with van der Waals surface area (Å²) in [6.07, 6.45) is 1.52. The molecule has 0 bridgehead atoms. The van der Waals surface area contributed by atoms with Gasteiger partial charge in [-0.25, -0.2) is 0 Å². The molecule has 1 fully saturated rings. The number of phenols is 1. The number of methoxy groups -OCH3 is 2. The van der Waals surface area contributed by atoms with Crippen LogP contribution in [0.25, 0.3) is 6.08 Å². The van der Waals surface area contributed by atoms with Crippen LogP contribution in [0, 0.1) is 0 Å². The van der Waals surface area contributed by atoms with Gasteiger partial charge < -0.3 is 24.6 Å². The molecule has 1 aliphatic rings. The van der Waals surface area contributed by atoms with Crippen LogP contribution in [-0.2, 0) is 11.3 Å². The van der Waals surface area contributed by atoms with Crippen LogP contribution in [0.15, 0.2) is 95.9 Å². The van der Waals surface area contributed by atoms with Crippen LogP contribution >= 0.6 is 11.8 Å². The lowest BCUT2D eigenvalue weighted by Gasteiger charge is -2.13. The van der Waals surface area contributed by atoms with E-state index in [1.165, 1.54) is 32.4 Å². The van der Waals surface area contributed by atoms with E-state index in [1.54, 1.807) is 42.5 Å². The molecule has 0 unspecified atom stereocenters. The van der Waals surface area contributed by atoms with Crippen molar-refractivity contribution in [3.05, 3.63) is 113 Å². The van der Waals surface area contributed by atoms with Crippen molar-refractivity contribution >= 4 is 40.6 Å². The molecule has 1 heterocycles. The molecule has 3 amide bonds. The van der Waals surface area contributed by atoms with Gasteiger partial charge in [0.1, 0.15) is 17.2 Å². The van der Waals surface area contributed by atoms with E-state index in [0.29, 0.717) is 34.2 Å². The zero-order chi connectivity index (χ0) is 29.6. The highest BCUT2D eigenvalue weighted by molar-refractivity contribution is 8.18. The van der Waals surface area contributed by atoms with Crippen LogP contribution < -0.4 is 19.5 Å². The molecule has 0 aromatic heterocycles. The highest BCUT2D eigenvalue weighted by atomic mass is 32.2. The molecule has 0 atom stereocenters. The Bertz CT molecular complexity index is 1690. The Labute approximate surface area is 246 Å². The second-order valence-electron chi connectivity index (χ2n) is 9.13. The molecular weight excluding hydrogens is 556 g/mol. The van der Waals surface area contributed by atoms with Gasteiger partial charge in [-0.2, -0.15) is 0 Å². The highest BCUT2D eigenvalue weighted by Gasteiger charge is 2.35. The van der Waals surface area contributed by atoms with E-state index in [0.717, 1.165) is 22.2 Å². The molecule has 1 saturated heterocycles. The van der Waals surface area contributed by atoms with E-state index in [1.807, 2.05) is 36.4 Å². The van der Waals surface area contributed by atoms with Crippen molar-refractivity contribution in [2.45, 2.75) is 6.54 Å². The lowest BCUT2D eigenvalue weighted by molar-refractivity contribution is -0.123. The lowest BCUT2D eigenvalue weighted by Crippen LogP contribution is -2.27. The second-order valence-corrected chi connectivity index (χ2v) is 10.1. The van der Waals surface area contributed by atoms with Crippen molar-refractivity contribution in [1.29, 1.82) is 0 Å². The molecule has 1 aliphatic heterocycles. The van der Waals surface area contributed by atoms with Crippen LogP contribution in [0.5, 0.6) is 28.7 Å². The van der Waals surface area contributed by atoms with Gasteiger partial charge in [0.2, 0.25) is 0 Å². The zero-order valence-corrected chi connectivity index (χ0v) is 23.5. The Hall–Kier alpha value is -5.22. The average Bonchev–Trinajstić information content (AvgIpc) is 3.25. The Morgan fingerprint density at radius 2 is 1.64 bits per heavy atom. The Kier molecular flexibility index (Phi) is 8.44. The zero-order valence-electron chi connectivity index (χ0n) is 22.7. The van der Waals surface area contributed by atoms with E-state index < -0.39 is 17.1 Å². The van der Waals surface area contributed by atoms with Crippen LogP contribution in [0.4, 0.5) is 10.5 Å². The largest absolute Gasteiger partial charge is 0.507 e. The summed E-state index contributed by atoms with van der Waals surface area (Å²) in [5.41, 5.74) is 1.62. The average molecular weight is 583 g/mol. The van der Waals surface area contributed by atoms with Gasteiger partial charge in [0.05, 0.1) is 31.2 Å². The molecule has 0 radical (unpaired) electrons. The number of amides is 3. The van der Waals surface area contributed by atoms with Crippen LogP contribution in [0.1, 0.15) is 21.5 Å². The van der Waals surface area contributed by atoms with Crippen molar-refractivity contribution in [2.75, 3.05) is 19.5 Å². The number of ether oxygens (including phenoxy) is 3. The normalized spacial score (nSPS) is 13.8. The van der Waals surface area contributed by atoms with Crippen LogP contribution in [-0.4, -0.2) is 41.3 Å². The maximum atomic E-state index is 13.2. The Morgan fingerprint density at radius 1 is 0.881 bits per heavy atom. The van der Waals surface area contributed by atoms with Crippen molar-refractivity contribution in [1.82, 2.24) is 4.90 Å². The van der Waals surface area contributed by atoms with Gasteiger partial charge in [-0.05, 0) is 77.5 Å². The van der Waals surface area contributed by atoms with Gasteiger partial charge in [0, 0.05) is 11.8 Å². The number of carbonyl (C=O) groups is 3. The lowest BCUT2D eigenvalue weighted by atomic mass is 10.1. The van der Waals surface area contributed by atoms with Gasteiger partial charge in [-0.15, -0.1) is 0 Å². The minimum atomic E-state index is -0.569. The van der Waals surface area contributed by atoms with Gasteiger partial charge in [-0.3, -0.25) is 19.3 Å².